The van der Waals surface area contributed by atoms with Crippen LogP contribution in [0.2, 0.25) is 0 Å². The second-order valence-corrected chi connectivity index (χ2v) is 4.23. The van der Waals surface area contributed by atoms with Gasteiger partial charge in [0.15, 0.2) is 0 Å². The third-order valence-electron chi connectivity index (χ3n) is 2.77. The maximum absolute atomic E-state index is 11.7. The SMILES string of the molecule is O=C(CN1CCCC1=O)Nc1cncc(C(=O)O)c1. The maximum Gasteiger partial charge on any atom is 0.337 e. The normalized spacial score (nSPS) is 14.5. The molecule has 1 fully saturated rings. The van der Waals surface area contributed by atoms with Crippen molar-refractivity contribution in [2.75, 3.05) is 18.4 Å². The summed E-state index contributed by atoms with van der Waals surface area (Å²) in [5.41, 5.74) is 0.298. The van der Waals surface area contributed by atoms with Gasteiger partial charge in [-0.05, 0) is 12.5 Å². The van der Waals surface area contributed by atoms with Gasteiger partial charge < -0.3 is 15.3 Å². The van der Waals surface area contributed by atoms with Crippen LogP contribution in [0, 0.1) is 0 Å². The van der Waals surface area contributed by atoms with Crippen molar-refractivity contribution in [3.63, 3.8) is 0 Å². The van der Waals surface area contributed by atoms with Gasteiger partial charge in [0.05, 0.1) is 24.0 Å². The summed E-state index contributed by atoms with van der Waals surface area (Å²) in [6, 6.07) is 1.32. The molecule has 7 heteroatoms. The highest BCUT2D eigenvalue weighted by Gasteiger charge is 2.22. The molecule has 2 rings (SSSR count). The first-order valence-electron chi connectivity index (χ1n) is 5.82. The molecule has 0 saturated carbocycles. The van der Waals surface area contributed by atoms with Crippen LogP contribution in [0.25, 0.3) is 0 Å². The number of amides is 2. The summed E-state index contributed by atoms with van der Waals surface area (Å²) in [6.45, 7) is 0.565. The average Bonchev–Trinajstić information content (AvgIpc) is 2.75. The molecular weight excluding hydrogens is 250 g/mol. The smallest absolute Gasteiger partial charge is 0.337 e. The molecule has 100 valence electrons. The summed E-state index contributed by atoms with van der Waals surface area (Å²) in [5.74, 6) is -1.51. The number of nitrogens with one attached hydrogen (secondary N) is 1. The number of pyridine rings is 1. The van der Waals surface area contributed by atoms with E-state index in [1.165, 1.54) is 23.4 Å². The van der Waals surface area contributed by atoms with Crippen molar-refractivity contribution in [2.45, 2.75) is 12.8 Å². The Kier molecular flexibility index (Phi) is 3.74. The van der Waals surface area contributed by atoms with E-state index < -0.39 is 5.97 Å². The minimum Gasteiger partial charge on any atom is -0.478 e. The predicted octanol–water partition coefficient (Wildman–Crippen LogP) is 0.341. The molecule has 1 aliphatic rings. The Bertz CT molecular complexity index is 529. The van der Waals surface area contributed by atoms with Gasteiger partial charge in [-0.25, -0.2) is 4.79 Å². The first-order chi connectivity index (χ1) is 9.06. The van der Waals surface area contributed by atoms with E-state index in [-0.39, 0.29) is 23.9 Å². The summed E-state index contributed by atoms with van der Waals surface area (Å²) in [6.07, 6.45) is 3.80. The van der Waals surface area contributed by atoms with E-state index >= 15 is 0 Å². The second-order valence-electron chi connectivity index (χ2n) is 4.23. The molecule has 0 aliphatic carbocycles. The highest BCUT2D eigenvalue weighted by molar-refractivity contribution is 5.96. The quantitative estimate of drug-likeness (QED) is 0.816. The van der Waals surface area contributed by atoms with Gasteiger partial charge in [0.1, 0.15) is 0 Å². The summed E-state index contributed by atoms with van der Waals surface area (Å²) in [5, 5.41) is 11.3. The van der Waals surface area contributed by atoms with Crippen molar-refractivity contribution in [1.29, 1.82) is 0 Å². The third kappa shape index (κ3) is 3.27. The van der Waals surface area contributed by atoms with Gasteiger partial charge in [-0.15, -0.1) is 0 Å². The number of likely N-dealkylation sites (tertiary alicyclic amines) is 1. The molecule has 1 aliphatic heterocycles. The Hall–Kier alpha value is -2.44. The van der Waals surface area contributed by atoms with Crippen LogP contribution in [-0.4, -0.2) is 45.9 Å². The summed E-state index contributed by atoms with van der Waals surface area (Å²) >= 11 is 0. The molecule has 0 unspecified atom stereocenters. The number of anilines is 1. The molecule has 0 spiro atoms. The van der Waals surface area contributed by atoms with Gasteiger partial charge in [-0.2, -0.15) is 0 Å². The van der Waals surface area contributed by atoms with E-state index in [4.69, 9.17) is 5.11 Å². The maximum atomic E-state index is 11.7. The summed E-state index contributed by atoms with van der Waals surface area (Å²) < 4.78 is 0. The van der Waals surface area contributed by atoms with E-state index in [2.05, 4.69) is 10.3 Å². The number of nitrogens with zero attached hydrogens (tertiary/aromatic N) is 2. The number of carboxylic acids is 1. The first kappa shape index (κ1) is 13.0. The van der Waals surface area contributed by atoms with Crippen LogP contribution in [0.1, 0.15) is 23.2 Å². The standard InChI is InChI=1S/C12H13N3O4/c16-10(7-15-3-1-2-11(15)17)14-9-4-8(12(18)19)5-13-6-9/h4-6H,1-3,7H2,(H,14,16)(H,18,19). The topological polar surface area (TPSA) is 99.6 Å². The van der Waals surface area contributed by atoms with E-state index in [0.29, 0.717) is 18.7 Å². The number of aromatic carboxylic acids is 1. The zero-order valence-corrected chi connectivity index (χ0v) is 10.1. The number of rotatable bonds is 4. The molecule has 0 atom stereocenters. The molecule has 1 saturated heterocycles. The van der Waals surface area contributed by atoms with Gasteiger partial charge >= 0.3 is 5.97 Å². The van der Waals surface area contributed by atoms with Crippen LogP contribution < -0.4 is 5.32 Å². The second kappa shape index (κ2) is 5.47. The van der Waals surface area contributed by atoms with E-state index in [0.717, 1.165) is 6.42 Å². The predicted molar refractivity (Wildman–Crippen MR) is 65.6 cm³/mol. The van der Waals surface area contributed by atoms with E-state index in [1.54, 1.807) is 0 Å². The fourth-order valence-electron chi connectivity index (χ4n) is 1.87. The van der Waals surface area contributed by atoms with Crippen LogP contribution in [0.15, 0.2) is 18.5 Å². The highest BCUT2D eigenvalue weighted by atomic mass is 16.4. The van der Waals surface area contributed by atoms with Crippen LogP contribution in [0.4, 0.5) is 5.69 Å². The number of aromatic nitrogens is 1. The van der Waals surface area contributed by atoms with Crippen molar-refractivity contribution in [2.24, 2.45) is 0 Å². The monoisotopic (exact) mass is 263 g/mol. The number of carboxylic acid groups (broad SMARTS) is 1. The molecular formula is C12H13N3O4. The molecule has 2 amide bonds. The largest absolute Gasteiger partial charge is 0.478 e. The van der Waals surface area contributed by atoms with Crippen LogP contribution >= 0.6 is 0 Å². The third-order valence-corrected chi connectivity index (χ3v) is 2.77. The van der Waals surface area contributed by atoms with Crippen LogP contribution in [-0.2, 0) is 9.59 Å². The number of hydrogen-bond donors (Lipinski definition) is 2. The minimum absolute atomic E-state index is 0.00458. The van der Waals surface area contributed by atoms with Crippen molar-refractivity contribution in [3.8, 4) is 0 Å². The van der Waals surface area contributed by atoms with Crippen molar-refractivity contribution in [1.82, 2.24) is 9.88 Å². The number of carbonyl (C=O) groups excluding carboxylic acids is 2. The Balaban J connectivity index is 1.97. The molecule has 2 N–H and O–H groups in total. The fraction of sp³-hybridized carbons (Fsp3) is 0.333. The van der Waals surface area contributed by atoms with E-state index in [1.807, 2.05) is 0 Å². The molecule has 7 nitrogen and oxygen atoms in total. The van der Waals surface area contributed by atoms with Crippen molar-refractivity contribution in [3.05, 3.63) is 24.0 Å². The fourth-order valence-corrected chi connectivity index (χ4v) is 1.87. The highest BCUT2D eigenvalue weighted by Crippen LogP contribution is 2.11. The molecule has 0 bridgehead atoms. The summed E-state index contributed by atoms with van der Waals surface area (Å²) in [4.78, 5) is 39.0. The van der Waals surface area contributed by atoms with Gasteiger partial charge in [0.2, 0.25) is 11.8 Å². The Labute approximate surface area is 109 Å². The Morgan fingerprint density at radius 1 is 1.42 bits per heavy atom. The first-order valence-corrected chi connectivity index (χ1v) is 5.82. The molecule has 1 aromatic heterocycles. The lowest BCUT2D eigenvalue weighted by atomic mass is 10.2. The number of carbonyl (C=O) groups is 3. The van der Waals surface area contributed by atoms with Crippen LogP contribution in [0.5, 0.6) is 0 Å². The molecule has 2 heterocycles. The molecule has 19 heavy (non-hydrogen) atoms. The van der Waals surface area contributed by atoms with Gasteiger partial charge in [0, 0.05) is 19.2 Å². The van der Waals surface area contributed by atoms with Crippen molar-refractivity contribution >= 4 is 23.5 Å². The van der Waals surface area contributed by atoms with Gasteiger partial charge in [-0.3, -0.25) is 14.6 Å². The average molecular weight is 263 g/mol. The lowest BCUT2D eigenvalue weighted by Crippen LogP contribution is -2.34. The van der Waals surface area contributed by atoms with Gasteiger partial charge in [0.25, 0.3) is 0 Å². The number of hydrogen-bond acceptors (Lipinski definition) is 4. The van der Waals surface area contributed by atoms with Crippen molar-refractivity contribution < 1.29 is 19.5 Å². The van der Waals surface area contributed by atoms with E-state index in [9.17, 15) is 14.4 Å². The van der Waals surface area contributed by atoms with Gasteiger partial charge in [-0.1, -0.05) is 0 Å². The Morgan fingerprint density at radius 3 is 2.84 bits per heavy atom. The zero-order chi connectivity index (χ0) is 13.8. The van der Waals surface area contributed by atoms with Crippen LogP contribution in [0.3, 0.4) is 0 Å². The zero-order valence-electron chi connectivity index (χ0n) is 10.1. The molecule has 0 aromatic carbocycles. The Morgan fingerprint density at radius 2 is 2.21 bits per heavy atom. The lowest BCUT2D eigenvalue weighted by molar-refractivity contribution is -0.131. The lowest BCUT2D eigenvalue weighted by Gasteiger charge is -2.14. The molecule has 1 aromatic rings. The summed E-state index contributed by atoms with van der Waals surface area (Å²) in [7, 11) is 0. The minimum atomic E-state index is -1.11. The molecule has 0 radical (unpaired) electrons.